The van der Waals surface area contributed by atoms with Crippen LogP contribution in [0.25, 0.3) is 0 Å². The van der Waals surface area contributed by atoms with E-state index in [0.717, 1.165) is 50.0 Å². The van der Waals surface area contributed by atoms with E-state index in [2.05, 4.69) is 12.1 Å². The lowest BCUT2D eigenvalue weighted by Crippen LogP contribution is -2.45. The molecule has 2 aliphatic heterocycles. The van der Waals surface area contributed by atoms with Crippen molar-refractivity contribution >= 4 is 11.8 Å². The summed E-state index contributed by atoms with van der Waals surface area (Å²) in [6.07, 6.45) is 5.43. The first-order valence-electron chi connectivity index (χ1n) is 9.28. The van der Waals surface area contributed by atoms with Crippen molar-refractivity contribution in [3.8, 4) is 5.75 Å². The number of hydrogen-bond donors (Lipinski definition) is 0. The van der Waals surface area contributed by atoms with Gasteiger partial charge >= 0.3 is 0 Å². The van der Waals surface area contributed by atoms with Crippen molar-refractivity contribution < 1.29 is 14.3 Å². The topological polar surface area (TPSA) is 49.9 Å². The van der Waals surface area contributed by atoms with E-state index in [1.165, 1.54) is 0 Å². The van der Waals surface area contributed by atoms with Crippen LogP contribution in [0.5, 0.6) is 5.75 Å². The van der Waals surface area contributed by atoms with Crippen molar-refractivity contribution in [1.29, 1.82) is 0 Å². The molecule has 3 rings (SSSR count). The molecular weight excluding hydrogens is 316 g/mol. The third-order valence-electron chi connectivity index (χ3n) is 5.55. The molecule has 2 atom stereocenters. The Morgan fingerprint density at radius 3 is 2.52 bits per heavy atom. The van der Waals surface area contributed by atoms with Crippen molar-refractivity contribution in [3.05, 3.63) is 29.8 Å². The van der Waals surface area contributed by atoms with Crippen molar-refractivity contribution in [2.45, 2.75) is 44.6 Å². The molecule has 136 valence electrons. The van der Waals surface area contributed by atoms with E-state index in [1.54, 1.807) is 12.0 Å². The van der Waals surface area contributed by atoms with Gasteiger partial charge in [-0.3, -0.25) is 9.59 Å². The van der Waals surface area contributed by atoms with Crippen LogP contribution in [0.3, 0.4) is 0 Å². The molecule has 0 radical (unpaired) electrons. The highest BCUT2D eigenvalue weighted by atomic mass is 16.5. The van der Waals surface area contributed by atoms with E-state index < -0.39 is 0 Å². The smallest absolute Gasteiger partial charge is 0.226 e. The Morgan fingerprint density at radius 2 is 1.84 bits per heavy atom. The Morgan fingerprint density at radius 1 is 1.08 bits per heavy atom. The predicted octanol–water partition coefficient (Wildman–Crippen LogP) is 3.01. The molecule has 5 heteroatoms. The molecule has 1 aromatic carbocycles. The molecule has 25 heavy (non-hydrogen) atoms. The number of rotatable bonds is 3. The second-order valence-corrected chi connectivity index (χ2v) is 7.17. The highest BCUT2D eigenvalue weighted by Gasteiger charge is 2.35. The summed E-state index contributed by atoms with van der Waals surface area (Å²) >= 11 is 0. The van der Waals surface area contributed by atoms with Crippen LogP contribution in [0.1, 0.15) is 50.1 Å². The van der Waals surface area contributed by atoms with E-state index in [0.29, 0.717) is 13.0 Å². The average molecular weight is 344 g/mol. The Balaban J connectivity index is 1.79. The number of amides is 2. The van der Waals surface area contributed by atoms with Gasteiger partial charge in [0.2, 0.25) is 11.8 Å². The van der Waals surface area contributed by atoms with Gasteiger partial charge in [0.25, 0.3) is 0 Å². The maximum absolute atomic E-state index is 13.2. The molecule has 2 aliphatic rings. The number of carbonyl (C=O) groups excluding carboxylic acids is 2. The van der Waals surface area contributed by atoms with Crippen molar-refractivity contribution in [2.75, 3.05) is 27.2 Å². The number of hydrogen-bond acceptors (Lipinski definition) is 3. The van der Waals surface area contributed by atoms with Crippen molar-refractivity contribution in [1.82, 2.24) is 9.80 Å². The number of benzene rings is 1. The zero-order chi connectivity index (χ0) is 17.8. The highest BCUT2D eigenvalue weighted by molar-refractivity contribution is 5.87. The molecule has 1 aromatic rings. The van der Waals surface area contributed by atoms with Gasteiger partial charge in [-0.25, -0.2) is 0 Å². The quantitative estimate of drug-likeness (QED) is 0.847. The molecule has 0 aromatic heterocycles. The van der Waals surface area contributed by atoms with Gasteiger partial charge in [0.05, 0.1) is 13.2 Å². The van der Waals surface area contributed by atoms with Gasteiger partial charge in [-0.1, -0.05) is 25.0 Å². The molecule has 2 saturated heterocycles. The maximum Gasteiger partial charge on any atom is 0.226 e. The summed E-state index contributed by atoms with van der Waals surface area (Å²) in [7, 11) is 3.47. The van der Waals surface area contributed by atoms with Crippen LogP contribution < -0.4 is 4.74 Å². The maximum atomic E-state index is 13.2. The highest BCUT2D eigenvalue weighted by Crippen LogP contribution is 2.33. The minimum atomic E-state index is -0.164. The Labute approximate surface area is 149 Å². The standard InChI is InChI=1S/C20H28N2O3/c1-21-13-11-16(14-19(21)23)20(24)22-12-5-3-4-6-18(22)15-7-9-17(25-2)10-8-15/h7-10,16,18H,3-6,11-14H2,1-2H3/t16-,18-/m0/s1. The number of methoxy groups -OCH3 is 1. The van der Waals surface area contributed by atoms with Crippen LogP contribution in [0, 0.1) is 5.92 Å². The summed E-state index contributed by atoms with van der Waals surface area (Å²) in [5.41, 5.74) is 1.16. The van der Waals surface area contributed by atoms with Crippen molar-refractivity contribution in [3.63, 3.8) is 0 Å². The second-order valence-electron chi connectivity index (χ2n) is 7.17. The number of likely N-dealkylation sites (tertiary alicyclic amines) is 2. The Bertz CT molecular complexity index is 614. The molecule has 0 saturated carbocycles. The first-order chi connectivity index (χ1) is 12.1. The third kappa shape index (κ3) is 3.97. The summed E-state index contributed by atoms with van der Waals surface area (Å²) in [4.78, 5) is 29.0. The van der Waals surface area contributed by atoms with E-state index in [1.807, 2.05) is 24.1 Å². The lowest BCUT2D eigenvalue weighted by Gasteiger charge is -2.36. The number of piperidine rings is 1. The lowest BCUT2D eigenvalue weighted by molar-refractivity contribution is -0.146. The second kappa shape index (κ2) is 7.89. The summed E-state index contributed by atoms with van der Waals surface area (Å²) in [6.45, 7) is 1.46. The van der Waals surface area contributed by atoms with Gasteiger partial charge in [0.1, 0.15) is 5.75 Å². The number of ether oxygens (including phenoxy) is 1. The molecule has 0 bridgehead atoms. The first kappa shape index (κ1) is 17.8. The van der Waals surface area contributed by atoms with E-state index in [4.69, 9.17) is 4.74 Å². The van der Waals surface area contributed by atoms with Gasteiger partial charge in [0, 0.05) is 32.5 Å². The Kier molecular flexibility index (Phi) is 5.61. The van der Waals surface area contributed by atoms with E-state index >= 15 is 0 Å². The first-order valence-corrected chi connectivity index (χ1v) is 9.28. The fourth-order valence-corrected chi connectivity index (χ4v) is 3.93. The van der Waals surface area contributed by atoms with E-state index in [-0.39, 0.29) is 23.8 Å². The van der Waals surface area contributed by atoms with Gasteiger partial charge in [-0.05, 0) is 37.0 Å². The Hall–Kier alpha value is -2.04. The molecule has 0 aliphatic carbocycles. The van der Waals surface area contributed by atoms with Crippen LogP contribution in [0.4, 0.5) is 0 Å². The molecule has 2 fully saturated rings. The molecule has 0 unspecified atom stereocenters. The zero-order valence-electron chi connectivity index (χ0n) is 15.2. The average Bonchev–Trinajstić information content (AvgIpc) is 2.89. The third-order valence-corrected chi connectivity index (χ3v) is 5.55. The minimum absolute atomic E-state index is 0.0837. The molecule has 5 nitrogen and oxygen atoms in total. The summed E-state index contributed by atoms with van der Waals surface area (Å²) in [5.74, 6) is 0.906. The summed E-state index contributed by atoms with van der Waals surface area (Å²) < 4.78 is 5.25. The lowest BCUT2D eigenvalue weighted by atomic mass is 9.93. The molecule has 0 spiro atoms. The summed E-state index contributed by atoms with van der Waals surface area (Å²) in [6, 6.07) is 8.16. The number of carbonyl (C=O) groups is 2. The van der Waals surface area contributed by atoms with Gasteiger partial charge in [-0.15, -0.1) is 0 Å². The van der Waals surface area contributed by atoms with Crippen LogP contribution in [0.2, 0.25) is 0 Å². The van der Waals surface area contributed by atoms with Crippen LogP contribution in [0.15, 0.2) is 24.3 Å². The molecule has 2 heterocycles. The van der Waals surface area contributed by atoms with E-state index in [9.17, 15) is 9.59 Å². The monoisotopic (exact) mass is 344 g/mol. The molecule has 0 N–H and O–H groups in total. The normalized spacial score (nSPS) is 24.8. The van der Waals surface area contributed by atoms with Crippen LogP contribution in [-0.2, 0) is 9.59 Å². The summed E-state index contributed by atoms with van der Waals surface area (Å²) in [5, 5.41) is 0. The SMILES string of the molecule is COc1ccc([C@@H]2CCCCCN2C(=O)[C@H]2CCN(C)C(=O)C2)cc1. The largest absolute Gasteiger partial charge is 0.497 e. The van der Waals surface area contributed by atoms with Gasteiger partial charge in [0.15, 0.2) is 0 Å². The van der Waals surface area contributed by atoms with Crippen LogP contribution in [-0.4, -0.2) is 48.9 Å². The van der Waals surface area contributed by atoms with Gasteiger partial charge in [-0.2, -0.15) is 0 Å². The van der Waals surface area contributed by atoms with Crippen LogP contribution >= 0.6 is 0 Å². The molecular formula is C20H28N2O3. The minimum Gasteiger partial charge on any atom is -0.497 e. The fraction of sp³-hybridized carbons (Fsp3) is 0.600. The molecule has 2 amide bonds. The van der Waals surface area contributed by atoms with Crippen molar-refractivity contribution in [2.24, 2.45) is 5.92 Å². The van der Waals surface area contributed by atoms with Gasteiger partial charge < -0.3 is 14.5 Å². The zero-order valence-corrected chi connectivity index (χ0v) is 15.2. The number of nitrogens with zero attached hydrogens (tertiary/aromatic N) is 2. The fourth-order valence-electron chi connectivity index (χ4n) is 3.93. The predicted molar refractivity (Wildman–Crippen MR) is 96.3 cm³/mol.